The number of benzene rings is 3. The van der Waals surface area contributed by atoms with E-state index in [1.165, 1.54) is 4.90 Å². The van der Waals surface area contributed by atoms with E-state index >= 15 is 0 Å². The molecule has 4 nitrogen and oxygen atoms in total. The van der Waals surface area contributed by atoms with Gasteiger partial charge in [-0.3, -0.25) is 9.59 Å². The second-order valence-electron chi connectivity index (χ2n) is 7.01. The number of carbonyl (C=O) groups excluding carboxylic acids is 2. The SMILES string of the molecule is O=C(CC1(O)C(=O)N(Cc2ccccc2)c2ccc(Br)cc21)c1ccc(Cl)cc1. The van der Waals surface area contributed by atoms with Gasteiger partial charge in [0, 0.05) is 20.6 Å². The van der Waals surface area contributed by atoms with Gasteiger partial charge >= 0.3 is 0 Å². The fraction of sp³-hybridized carbons (Fsp3) is 0.130. The minimum Gasteiger partial charge on any atom is -0.375 e. The lowest BCUT2D eigenvalue weighted by Gasteiger charge is -2.23. The van der Waals surface area contributed by atoms with Crippen LogP contribution < -0.4 is 4.90 Å². The van der Waals surface area contributed by atoms with E-state index in [0.717, 1.165) is 10.0 Å². The molecule has 0 saturated carbocycles. The molecule has 1 heterocycles. The quantitative estimate of drug-likeness (QED) is 0.527. The summed E-state index contributed by atoms with van der Waals surface area (Å²) in [6.45, 7) is 0.311. The average Bonchev–Trinajstić information content (AvgIpc) is 2.91. The van der Waals surface area contributed by atoms with E-state index in [0.29, 0.717) is 28.4 Å². The molecule has 1 aliphatic rings. The van der Waals surface area contributed by atoms with E-state index in [4.69, 9.17) is 11.6 Å². The Morgan fingerprint density at radius 3 is 2.41 bits per heavy atom. The van der Waals surface area contributed by atoms with Crippen molar-refractivity contribution in [1.29, 1.82) is 0 Å². The van der Waals surface area contributed by atoms with Crippen molar-refractivity contribution in [2.75, 3.05) is 4.90 Å². The maximum Gasteiger partial charge on any atom is 0.264 e. The van der Waals surface area contributed by atoms with Crippen LogP contribution in [0.5, 0.6) is 0 Å². The summed E-state index contributed by atoms with van der Waals surface area (Å²) in [7, 11) is 0. The summed E-state index contributed by atoms with van der Waals surface area (Å²) in [6.07, 6.45) is -0.345. The molecule has 3 aromatic carbocycles. The Bertz CT molecular complexity index is 1090. The number of rotatable bonds is 5. The molecule has 3 aromatic rings. The summed E-state index contributed by atoms with van der Waals surface area (Å²) in [6, 6.07) is 21.3. The van der Waals surface area contributed by atoms with Crippen molar-refractivity contribution in [3.8, 4) is 0 Å². The van der Waals surface area contributed by atoms with Crippen molar-refractivity contribution in [1.82, 2.24) is 0 Å². The molecule has 1 N–H and O–H groups in total. The summed E-state index contributed by atoms with van der Waals surface area (Å²) in [5.41, 5.74) is 0.435. The first-order valence-corrected chi connectivity index (χ1v) is 10.2. The number of anilines is 1. The average molecular weight is 471 g/mol. The van der Waals surface area contributed by atoms with Crippen LogP contribution in [0.3, 0.4) is 0 Å². The molecule has 146 valence electrons. The lowest BCUT2D eigenvalue weighted by atomic mass is 9.88. The van der Waals surface area contributed by atoms with Crippen LogP contribution in [-0.2, 0) is 16.9 Å². The molecule has 0 saturated heterocycles. The van der Waals surface area contributed by atoms with Crippen LogP contribution in [0.4, 0.5) is 5.69 Å². The number of halogens is 2. The predicted molar refractivity (Wildman–Crippen MR) is 116 cm³/mol. The third-order valence-electron chi connectivity index (χ3n) is 5.06. The van der Waals surface area contributed by atoms with Crippen molar-refractivity contribution in [2.45, 2.75) is 18.6 Å². The molecule has 1 amide bonds. The highest BCUT2D eigenvalue weighted by molar-refractivity contribution is 9.10. The lowest BCUT2D eigenvalue weighted by molar-refractivity contribution is -0.136. The van der Waals surface area contributed by atoms with Gasteiger partial charge in [0.15, 0.2) is 11.4 Å². The Hall–Kier alpha value is -2.47. The molecule has 1 atom stereocenters. The van der Waals surface area contributed by atoms with Crippen LogP contribution in [0.25, 0.3) is 0 Å². The zero-order chi connectivity index (χ0) is 20.6. The molecule has 0 bridgehead atoms. The molecule has 0 aliphatic carbocycles. The molecule has 1 unspecified atom stereocenters. The van der Waals surface area contributed by atoms with Gasteiger partial charge in [0.25, 0.3) is 5.91 Å². The van der Waals surface area contributed by atoms with Gasteiger partial charge in [-0.1, -0.05) is 57.9 Å². The molecule has 6 heteroatoms. The smallest absolute Gasteiger partial charge is 0.264 e. The van der Waals surface area contributed by atoms with Crippen molar-refractivity contribution in [2.24, 2.45) is 0 Å². The summed E-state index contributed by atoms with van der Waals surface area (Å²) in [4.78, 5) is 27.7. The molecule has 4 rings (SSSR count). The zero-order valence-electron chi connectivity index (χ0n) is 15.3. The highest BCUT2D eigenvalue weighted by atomic mass is 79.9. The van der Waals surface area contributed by atoms with Gasteiger partial charge in [-0.05, 0) is 48.0 Å². The molecule has 0 fully saturated rings. The Morgan fingerprint density at radius 1 is 1.03 bits per heavy atom. The standard InChI is InChI=1S/C23H17BrClNO3/c24-17-8-11-20-19(12-17)23(29,13-21(27)16-6-9-18(25)10-7-16)22(28)26(20)14-15-4-2-1-3-5-15/h1-12,29H,13-14H2. The van der Waals surface area contributed by atoms with Gasteiger partial charge < -0.3 is 10.0 Å². The van der Waals surface area contributed by atoms with Gasteiger partial charge in [-0.15, -0.1) is 0 Å². The van der Waals surface area contributed by atoms with Crippen LogP contribution in [0.1, 0.15) is 27.9 Å². The number of carbonyl (C=O) groups is 2. The van der Waals surface area contributed by atoms with Gasteiger partial charge in [0.05, 0.1) is 18.7 Å². The Morgan fingerprint density at radius 2 is 1.72 bits per heavy atom. The number of hydrogen-bond donors (Lipinski definition) is 1. The fourth-order valence-electron chi connectivity index (χ4n) is 3.59. The Labute approximate surface area is 181 Å². The normalized spacial score (nSPS) is 18.0. The van der Waals surface area contributed by atoms with E-state index in [-0.39, 0.29) is 12.2 Å². The summed E-state index contributed by atoms with van der Waals surface area (Å²) >= 11 is 9.29. The van der Waals surface area contributed by atoms with Crippen molar-refractivity contribution in [3.05, 3.63) is 99.0 Å². The van der Waals surface area contributed by atoms with Crippen LogP contribution >= 0.6 is 27.5 Å². The van der Waals surface area contributed by atoms with Gasteiger partial charge in [0.2, 0.25) is 0 Å². The second kappa shape index (κ2) is 7.75. The number of fused-ring (bicyclic) bond motifs is 1. The first kappa shape index (κ1) is 19.8. The molecule has 0 aromatic heterocycles. The van der Waals surface area contributed by atoms with E-state index < -0.39 is 11.5 Å². The maximum absolute atomic E-state index is 13.3. The second-order valence-corrected chi connectivity index (χ2v) is 8.36. The minimum absolute atomic E-state index is 0.311. The number of aliphatic hydroxyl groups is 1. The molecule has 1 aliphatic heterocycles. The molecule has 0 spiro atoms. The number of amides is 1. The first-order valence-electron chi connectivity index (χ1n) is 9.05. The summed E-state index contributed by atoms with van der Waals surface area (Å²) in [5.74, 6) is -0.832. The largest absolute Gasteiger partial charge is 0.375 e. The monoisotopic (exact) mass is 469 g/mol. The Balaban J connectivity index is 1.71. The van der Waals surface area contributed by atoms with Crippen LogP contribution in [0.15, 0.2) is 77.3 Å². The number of ketones is 1. The van der Waals surface area contributed by atoms with Crippen LogP contribution in [-0.4, -0.2) is 16.8 Å². The minimum atomic E-state index is -1.93. The number of hydrogen-bond acceptors (Lipinski definition) is 3. The first-order chi connectivity index (χ1) is 13.9. The van der Waals surface area contributed by atoms with Gasteiger partial charge in [-0.25, -0.2) is 0 Å². The van der Waals surface area contributed by atoms with Crippen molar-refractivity contribution < 1.29 is 14.7 Å². The van der Waals surface area contributed by atoms with Crippen LogP contribution in [0.2, 0.25) is 5.02 Å². The topological polar surface area (TPSA) is 57.6 Å². The number of Topliss-reactive ketones (excluding diaryl/α,β-unsaturated/α-hetero) is 1. The van der Waals surface area contributed by atoms with Crippen molar-refractivity contribution in [3.63, 3.8) is 0 Å². The number of nitrogens with zero attached hydrogens (tertiary/aromatic N) is 1. The van der Waals surface area contributed by atoms with Crippen molar-refractivity contribution >= 4 is 44.9 Å². The lowest BCUT2D eigenvalue weighted by Crippen LogP contribution is -2.41. The molecule has 29 heavy (non-hydrogen) atoms. The highest BCUT2D eigenvalue weighted by Gasteiger charge is 2.51. The maximum atomic E-state index is 13.3. The third-order valence-corrected chi connectivity index (χ3v) is 5.81. The van der Waals surface area contributed by atoms with Crippen LogP contribution in [0, 0.1) is 0 Å². The van der Waals surface area contributed by atoms with E-state index in [9.17, 15) is 14.7 Å². The summed E-state index contributed by atoms with van der Waals surface area (Å²) < 4.78 is 0.725. The van der Waals surface area contributed by atoms with E-state index in [2.05, 4.69) is 15.9 Å². The Kier molecular flexibility index (Phi) is 5.30. The summed E-state index contributed by atoms with van der Waals surface area (Å²) in [5, 5.41) is 11.9. The zero-order valence-corrected chi connectivity index (χ0v) is 17.7. The highest BCUT2D eigenvalue weighted by Crippen LogP contribution is 2.44. The van der Waals surface area contributed by atoms with Gasteiger partial charge in [0.1, 0.15) is 0 Å². The molecular formula is C23H17BrClNO3. The van der Waals surface area contributed by atoms with E-state index in [1.807, 2.05) is 36.4 Å². The molecule has 0 radical (unpaired) electrons. The third kappa shape index (κ3) is 3.73. The predicted octanol–water partition coefficient (Wildman–Crippen LogP) is 5.11. The molecular weight excluding hydrogens is 454 g/mol. The fourth-order valence-corrected chi connectivity index (χ4v) is 4.07. The van der Waals surface area contributed by atoms with Gasteiger partial charge in [-0.2, -0.15) is 0 Å². The van der Waals surface area contributed by atoms with E-state index in [1.54, 1.807) is 36.4 Å².